The molecule has 0 aromatic carbocycles. The average molecular weight is 329 g/mol. The van der Waals surface area contributed by atoms with Gasteiger partial charge in [-0.25, -0.2) is 0 Å². The van der Waals surface area contributed by atoms with E-state index in [1.165, 1.54) is 35.3 Å². The van der Waals surface area contributed by atoms with Gasteiger partial charge in [-0.05, 0) is 28.1 Å². The van der Waals surface area contributed by atoms with Gasteiger partial charge in [0.25, 0.3) is 0 Å². The molecule has 0 N–H and O–H groups in total. The van der Waals surface area contributed by atoms with Crippen LogP contribution in [0.2, 0.25) is 0 Å². The topological polar surface area (TPSA) is 61.1 Å². The number of aromatic nitrogens is 2. The van der Waals surface area contributed by atoms with Crippen molar-refractivity contribution in [3.8, 4) is 0 Å². The predicted octanol–water partition coefficient (Wildman–Crippen LogP) is 1.25. The van der Waals surface area contributed by atoms with E-state index >= 15 is 0 Å². The normalized spacial score (nSPS) is 10.6. The summed E-state index contributed by atoms with van der Waals surface area (Å²) in [5.41, 5.74) is -1.33. The summed E-state index contributed by atoms with van der Waals surface area (Å²) in [6, 6.07) is 3.45. The van der Waals surface area contributed by atoms with Crippen LogP contribution in [0.4, 0.5) is 0 Å². The van der Waals surface area contributed by atoms with Gasteiger partial charge in [-0.2, -0.15) is 0 Å². The fraction of sp³-hybridized carbons (Fsp3) is 0.182. The number of ketones is 1. The van der Waals surface area contributed by atoms with Crippen molar-refractivity contribution in [2.75, 3.05) is 0 Å². The zero-order valence-electron chi connectivity index (χ0n) is 9.42. The van der Waals surface area contributed by atoms with Crippen LogP contribution in [-0.4, -0.2) is 14.9 Å². The highest BCUT2D eigenvalue weighted by molar-refractivity contribution is 9.11. The molecule has 0 atom stereocenters. The molecule has 0 unspecified atom stereocenters. The van der Waals surface area contributed by atoms with Crippen LogP contribution in [0.1, 0.15) is 9.67 Å². The number of carbonyl (C=O) groups excluding carboxylic acids is 1. The summed E-state index contributed by atoms with van der Waals surface area (Å²) in [4.78, 5) is 35.5. The number of thiophene rings is 1. The van der Waals surface area contributed by atoms with Crippen LogP contribution in [0.3, 0.4) is 0 Å². The number of aryl methyl sites for hydroxylation is 1. The van der Waals surface area contributed by atoms with E-state index in [4.69, 9.17) is 0 Å². The molecule has 2 rings (SSSR count). The maximum absolute atomic E-state index is 11.9. The third kappa shape index (κ3) is 2.51. The molecular formula is C11H9BrN2O3S. The molecule has 0 bridgehead atoms. The molecule has 0 spiro atoms. The molecule has 18 heavy (non-hydrogen) atoms. The van der Waals surface area contributed by atoms with Crippen molar-refractivity contribution in [1.29, 1.82) is 0 Å². The second-order valence-electron chi connectivity index (χ2n) is 3.67. The van der Waals surface area contributed by atoms with Crippen molar-refractivity contribution in [2.45, 2.75) is 6.54 Å². The van der Waals surface area contributed by atoms with Gasteiger partial charge in [0.15, 0.2) is 5.78 Å². The predicted molar refractivity (Wildman–Crippen MR) is 72.3 cm³/mol. The van der Waals surface area contributed by atoms with E-state index in [0.29, 0.717) is 4.88 Å². The second-order valence-corrected chi connectivity index (χ2v) is 6.14. The van der Waals surface area contributed by atoms with Crippen molar-refractivity contribution in [1.82, 2.24) is 9.13 Å². The van der Waals surface area contributed by atoms with Crippen LogP contribution in [-0.2, 0) is 13.6 Å². The Kier molecular flexibility index (Phi) is 3.63. The zero-order valence-corrected chi connectivity index (χ0v) is 11.8. The highest BCUT2D eigenvalue weighted by atomic mass is 79.9. The molecule has 0 radical (unpaired) electrons. The molecule has 0 aliphatic carbocycles. The molecule has 7 heteroatoms. The van der Waals surface area contributed by atoms with E-state index in [1.54, 1.807) is 12.1 Å². The molecular weight excluding hydrogens is 320 g/mol. The largest absolute Gasteiger partial charge is 0.316 e. The Morgan fingerprint density at radius 3 is 2.61 bits per heavy atom. The van der Waals surface area contributed by atoms with Gasteiger partial charge in [0, 0.05) is 19.4 Å². The SMILES string of the molecule is Cn1ccn(CC(=O)c2ccc(Br)s2)c(=O)c1=O. The number of nitrogens with zero attached hydrogens (tertiary/aromatic N) is 2. The number of halogens is 1. The third-order valence-corrected chi connectivity index (χ3v) is 4.06. The van der Waals surface area contributed by atoms with Crippen LogP contribution in [0.15, 0.2) is 37.9 Å². The van der Waals surface area contributed by atoms with E-state index in [1.807, 2.05) is 0 Å². The van der Waals surface area contributed by atoms with Gasteiger partial charge >= 0.3 is 11.1 Å². The maximum Gasteiger partial charge on any atom is 0.316 e. The van der Waals surface area contributed by atoms with Crippen molar-refractivity contribution in [3.05, 3.63) is 53.9 Å². The minimum Gasteiger partial charge on any atom is -0.312 e. The van der Waals surface area contributed by atoms with Crippen molar-refractivity contribution in [2.24, 2.45) is 7.05 Å². The summed E-state index contributed by atoms with van der Waals surface area (Å²) in [5, 5.41) is 0. The van der Waals surface area contributed by atoms with Crippen LogP contribution in [0.5, 0.6) is 0 Å². The van der Waals surface area contributed by atoms with Crippen LogP contribution in [0.25, 0.3) is 0 Å². The van der Waals surface area contributed by atoms with E-state index in [-0.39, 0.29) is 12.3 Å². The average Bonchev–Trinajstić information content (AvgIpc) is 2.77. The van der Waals surface area contributed by atoms with Crippen molar-refractivity contribution in [3.63, 3.8) is 0 Å². The summed E-state index contributed by atoms with van der Waals surface area (Å²) >= 11 is 4.56. The zero-order chi connectivity index (χ0) is 13.3. The first kappa shape index (κ1) is 13.0. The van der Waals surface area contributed by atoms with E-state index < -0.39 is 11.1 Å². The maximum atomic E-state index is 11.9. The number of carbonyl (C=O) groups is 1. The molecule has 0 aliphatic heterocycles. The lowest BCUT2D eigenvalue weighted by atomic mass is 10.3. The molecule has 2 heterocycles. The first-order chi connectivity index (χ1) is 8.49. The smallest absolute Gasteiger partial charge is 0.312 e. The van der Waals surface area contributed by atoms with E-state index in [0.717, 1.165) is 8.35 Å². The van der Waals surface area contributed by atoms with Gasteiger partial charge < -0.3 is 9.13 Å². The van der Waals surface area contributed by atoms with E-state index in [9.17, 15) is 14.4 Å². The molecule has 0 aliphatic rings. The van der Waals surface area contributed by atoms with Gasteiger partial charge in [-0.3, -0.25) is 14.4 Å². The van der Waals surface area contributed by atoms with Crippen LogP contribution < -0.4 is 11.1 Å². The minimum absolute atomic E-state index is 0.123. The molecule has 2 aromatic heterocycles. The molecule has 0 fully saturated rings. The lowest BCUT2D eigenvalue weighted by Crippen LogP contribution is -2.40. The van der Waals surface area contributed by atoms with Gasteiger partial charge in [0.1, 0.15) is 0 Å². The first-order valence-electron chi connectivity index (χ1n) is 5.03. The van der Waals surface area contributed by atoms with Crippen LogP contribution >= 0.6 is 27.3 Å². The minimum atomic E-state index is -0.691. The quantitative estimate of drug-likeness (QED) is 0.629. The van der Waals surface area contributed by atoms with Crippen LogP contribution in [0, 0.1) is 0 Å². The molecule has 94 valence electrons. The Balaban J connectivity index is 2.31. The Morgan fingerprint density at radius 1 is 1.28 bits per heavy atom. The molecule has 0 saturated heterocycles. The number of Topliss-reactive ketones (excluding diaryl/α,β-unsaturated/α-hetero) is 1. The summed E-state index contributed by atoms with van der Waals surface area (Å²) < 4.78 is 3.16. The summed E-state index contributed by atoms with van der Waals surface area (Å²) in [5.74, 6) is -0.193. The number of hydrogen-bond donors (Lipinski definition) is 0. The van der Waals surface area contributed by atoms with E-state index in [2.05, 4.69) is 15.9 Å². The van der Waals surface area contributed by atoms with Crippen molar-refractivity contribution < 1.29 is 4.79 Å². The third-order valence-electron chi connectivity index (χ3n) is 2.40. The Labute approximate surface area is 114 Å². The Morgan fingerprint density at radius 2 is 2.00 bits per heavy atom. The van der Waals surface area contributed by atoms with Crippen molar-refractivity contribution >= 4 is 33.0 Å². The number of rotatable bonds is 3. The Hall–Kier alpha value is -1.47. The molecule has 5 nitrogen and oxygen atoms in total. The monoisotopic (exact) mass is 328 g/mol. The Bertz CT molecular complexity index is 714. The summed E-state index contributed by atoms with van der Waals surface area (Å²) in [6.45, 7) is -0.123. The van der Waals surface area contributed by atoms with Gasteiger partial charge in [-0.15, -0.1) is 11.3 Å². The number of hydrogen-bond acceptors (Lipinski definition) is 4. The summed E-state index contributed by atoms with van der Waals surface area (Å²) in [6.07, 6.45) is 2.89. The standard InChI is InChI=1S/C11H9BrN2O3S/c1-13-4-5-14(11(17)10(13)16)6-7(15)8-2-3-9(12)18-8/h2-5H,6H2,1H3. The summed E-state index contributed by atoms with van der Waals surface area (Å²) in [7, 11) is 1.49. The fourth-order valence-electron chi connectivity index (χ4n) is 1.41. The first-order valence-corrected chi connectivity index (χ1v) is 6.64. The van der Waals surface area contributed by atoms with Gasteiger partial charge in [0.2, 0.25) is 0 Å². The highest BCUT2D eigenvalue weighted by Gasteiger charge is 2.11. The highest BCUT2D eigenvalue weighted by Crippen LogP contribution is 2.22. The van der Waals surface area contributed by atoms with Gasteiger partial charge in [0.05, 0.1) is 15.2 Å². The second kappa shape index (κ2) is 5.03. The molecule has 0 amide bonds. The molecule has 0 saturated carbocycles. The fourth-order valence-corrected chi connectivity index (χ4v) is 2.73. The lowest BCUT2D eigenvalue weighted by Gasteiger charge is -2.04. The molecule has 2 aromatic rings. The lowest BCUT2D eigenvalue weighted by molar-refractivity contribution is 0.0974. The van der Waals surface area contributed by atoms with Gasteiger partial charge in [-0.1, -0.05) is 0 Å².